The Morgan fingerprint density at radius 3 is 3.00 bits per heavy atom. The van der Waals surface area contributed by atoms with Crippen LogP contribution in [0.5, 0.6) is 11.5 Å². The Morgan fingerprint density at radius 1 is 1.42 bits per heavy atom. The lowest BCUT2D eigenvalue weighted by Gasteiger charge is -2.04. The molecule has 0 fully saturated rings. The van der Waals surface area contributed by atoms with Crippen molar-refractivity contribution >= 4 is 5.69 Å². The summed E-state index contributed by atoms with van der Waals surface area (Å²) in [7, 11) is 1.64. The van der Waals surface area contributed by atoms with E-state index in [1.165, 1.54) is 6.07 Å². The van der Waals surface area contributed by atoms with Gasteiger partial charge in [0.05, 0.1) is 0 Å². The maximum Gasteiger partial charge on any atom is 0.231 e. The Hall–Kier alpha value is -1.45. The van der Waals surface area contributed by atoms with Crippen LogP contribution in [0.25, 0.3) is 0 Å². The van der Waals surface area contributed by atoms with Crippen LogP contribution in [-0.4, -0.2) is 13.8 Å². The smallest absolute Gasteiger partial charge is 0.231 e. The van der Waals surface area contributed by atoms with Gasteiger partial charge in [-0.05, 0) is 12.1 Å². The molecular weight excluding hydrogens is 161 g/mol. The second-order valence-corrected chi connectivity index (χ2v) is 2.41. The summed E-state index contributed by atoms with van der Waals surface area (Å²) in [5.74, 6) is 0.708. The Bertz CT molecular complexity index is 314. The summed E-state index contributed by atoms with van der Waals surface area (Å²) in [5, 5.41) is 2.72. The molecule has 1 aliphatic heterocycles. The van der Waals surface area contributed by atoms with E-state index in [-0.39, 0.29) is 12.6 Å². The van der Waals surface area contributed by atoms with Gasteiger partial charge in [0.25, 0.3) is 0 Å². The topological polar surface area (TPSA) is 30.5 Å². The van der Waals surface area contributed by atoms with Crippen molar-refractivity contribution < 1.29 is 13.9 Å². The van der Waals surface area contributed by atoms with Gasteiger partial charge in [-0.25, -0.2) is 4.39 Å². The highest BCUT2D eigenvalue weighted by Gasteiger charge is 2.19. The normalized spacial score (nSPS) is 13.2. The number of rotatable bonds is 1. The van der Waals surface area contributed by atoms with Gasteiger partial charge < -0.3 is 14.8 Å². The first kappa shape index (κ1) is 7.21. The van der Waals surface area contributed by atoms with Gasteiger partial charge in [0.1, 0.15) is 11.5 Å². The van der Waals surface area contributed by atoms with Crippen LogP contribution in [0.15, 0.2) is 12.1 Å². The third-order valence-electron chi connectivity index (χ3n) is 1.74. The molecule has 0 unspecified atom stereocenters. The number of nitrogens with one attached hydrogen (secondary N) is 1. The zero-order chi connectivity index (χ0) is 8.55. The fourth-order valence-electron chi connectivity index (χ4n) is 1.18. The first-order chi connectivity index (χ1) is 5.83. The molecule has 1 aromatic carbocycles. The average molecular weight is 169 g/mol. The lowest BCUT2D eigenvalue weighted by molar-refractivity contribution is 0.174. The van der Waals surface area contributed by atoms with Crippen LogP contribution in [0.3, 0.4) is 0 Å². The molecule has 0 aromatic heterocycles. The van der Waals surface area contributed by atoms with E-state index in [0.717, 1.165) is 0 Å². The molecule has 1 N–H and O–H groups in total. The van der Waals surface area contributed by atoms with E-state index in [1.54, 1.807) is 13.1 Å². The fraction of sp³-hybridized carbons (Fsp3) is 0.250. The van der Waals surface area contributed by atoms with Crippen molar-refractivity contribution in [2.75, 3.05) is 19.2 Å². The van der Waals surface area contributed by atoms with Crippen molar-refractivity contribution in [2.45, 2.75) is 0 Å². The molecule has 0 amide bonds. The highest BCUT2D eigenvalue weighted by Crippen LogP contribution is 2.40. The van der Waals surface area contributed by atoms with Gasteiger partial charge in [-0.1, -0.05) is 0 Å². The molecule has 1 aromatic rings. The van der Waals surface area contributed by atoms with Gasteiger partial charge >= 0.3 is 0 Å². The maximum absolute atomic E-state index is 13.0. The summed E-state index contributed by atoms with van der Waals surface area (Å²) in [6.07, 6.45) is 0. The molecule has 64 valence electrons. The summed E-state index contributed by atoms with van der Waals surface area (Å²) in [5.41, 5.74) is 0.352. The first-order valence-electron chi connectivity index (χ1n) is 3.59. The summed E-state index contributed by atoms with van der Waals surface area (Å²) < 4.78 is 23.2. The van der Waals surface area contributed by atoms with E-state index in [0.29, 0.717) is 17.2 Å². The Labute approximate surface area is 69.1 Å². The largest absolute Gasteiger partial charge is 0.454 e. The zero-order valence-electron chi connectivity index (χ0n) is 6.56. The van der Waals surface area contributed by atoms with Crippen molar-refractivity contribution in [1.82, 2.24) is 0 Å². The summed E-state index contributed by atoms with van der Waals surface area (Å²) in [4.78, 5) is 0. The first-order valence-corrected chi connectivity index (χ1v) is 3.59. The molecule has 0 radical (unpaired) electrons. The van der Waals surface area contributed by atoms with Crippen LogP contribution >= 0.6 is 0 Å². The number of hydrogen-bond acceptors (Lipinski definition) is 3. The number of ether oxygens (including phenoxy) is 2. The molecule has 2 rings (SSSR count). The molecule has 1 aliphatic rings. The van der Waals surface area contributed by atoms with Gasteiger partial charge in [-0.2, -0.15) is 0 Å². The molecule has 1 heterocycles. The van der Waals surface area contributed by atoms with Crippen LogP contribution in [0, 0.1) is 5.82 Å². The van der Waals surface area contributed by atoms with Crippen LogP contribution in [-0.2, 0) is 0 Å². The van der Waals surface area contributed by atoms with E-state index in [1.807, 2.05) is 0 Å². The number of halogens is 1. The number of fused-ring (bicyclic) bond motifs is 1. The molecule has 12 heavy (non-hydrogen) atoms. The van der Waals surface area contributed by atoms with E-state index in [4.69, 9.17) is 9.47 Å². The van der Waals surface area contributed by atoms with E-state index >= 15 is 0 Å². The van der Waals surface area contributed by atoms with Crippen molar-refractivity contribution in [2.24, 2.45) is 0 Å². The average Bonchev–Trinajstić information content (AvgIpc) is 2.52. The number of benzene rings is 1. The lowest BCUT2D eigenvalue weighted by atomic mass is 10.2. The summed E-state index contributed by atoms with van der Waals surface area (Å²) >= 11 is 0. The van der Waals surface area contributed by atoms with Crippen molar-refractivity contribution in [1.29, 1.82) is 0 Å². The van der Waals surface area contributed by atoms with E-state index < -0.39 is 0 Å². The monoisotopic (exact) mass is 169 g/mol. The van der Waals surface area contributed by atoms with Crippen molar-refractivity contribution in [3.05, 3.63) is 17.9 Å². The second-order valence-electron chi connectivity index (χ2n) is 2.41. The van der Waals surface area contributed by atoms with Crippen molar-refractivity contribution in [3.8, 4) is 11.5 Å². The quantitative estimate of drug-likeness (QED) is 0.692. The number of hydrogen-bond donors (Lipinski definition) is 1. The summed E-state index contributed by atoms with van der Waals surface area (Å²) in [6, 6.07) is 2.90. The molecule has 0 bridgehead atoms. The molecule has 3 nitrogen and oxygen atoms in total. The van der Waals surface area contributed by atoms with Crippen LogP contribution in [0.4, 0.5) is 10.1 Å². The fourth-order valence-corrected chi connectivity index (χ4v) is 1.18. The summed E-state index contributed by atoms with van der Waals surface area (Å²) in [6.45, 7) is 0.160. The van der Waals surface area contributed by atoms with Gasteiger partial charge in [0.15, 0.2) is 11.5 Å². The predicted octanol–water partition coefficient (Wildman–Crippen LogP) is 1.60. The van der Waals surface area contributed by atoms with Crippen LogP contribution in [0.2, 0.25) is 0 Å². The minimum Gasteiger partial charge on any atom is -0.454 e. The van der Waals surface area contributed by atoms with Gasteiger partial charge in [-0.3, -0.25) is 0 Å². The van der Waals surface area contributed by atoms with Crippen LogP contribution < -0.4 is 14.8 Å². The standard InChI is InChI=1S/C8H8FNO2/c1-10-7-5(9)2-3-6-8(7)12-4-11-6/h2-3,10H,4H2,1H3. The Morgan fingerprint density at radius 2 is 2.25 bits per heavy atom. The molecule has 0 saturated carbocycles. The third-order valence-corrected chi connectivity index (χ3v) is 1.74. The minimum atomic E-state index is -0.332. The van der Waals surface area contributed by atoms with Gasteiger partial charge in [0, 0.05) is 7.05 Å². The molecule has 4 heteroatoms. The highest BCUT2D eigenvalue weighted by molar-refractivity contribution is 5.64. The zero-order valence-corrected chi connectivity index (χ0v) is 6.56. The minimum absolute atomic E-state index is 0.160. The van der Waals surface area contributed by atoms with Crippen molar-refractivity contribution in [3.63, 3.8) is 0 Å². The third kappa shape index (κ3) is 0.879. The van der Waals surface area contributed by atoms with Gasteiger partial charge in [0.2, 0.25) is 6.79 Å². The number of anilines is 1. The SMILES string of the molecule is CNc1c(F)ccc2c1OCO2. The lowest BCUT2D eigenvalue weighted by Crippen LogP contribution is -1.96. The van der Waals surface area contributed by atoms with E-state index in [2.05, 4.69) is 5.32 Å². The molecule has 0 aliphatic carbocycles. The predicted molar refractivity (Wildman–Crippen MR) is 42.1 cm³/mol. The Balaban J connectivity index is 2.57. The molecular formula is C8H8FNO2. The second kappa shape index (κ2) is 2.55. The maximum atomic E-state index is 13.0. The molecule has 0 atom stereocenters. The van der Waals surface area contributed by atoms with Crippen LogP contribution in [0.1, 0.15) is 0 Å². The molecule has 0 spiro atoms. The van der Waals surface area contributed by atoms with Gasteiger partial charge in [-0.15, -0.1) is 0 Å². The Kier molecular flexibility index (Phi) is 1.53. The molecule has 0 saturated heterocycles. The highest BCUT2D eigenvalue weighted by atomic mass is 19.1. The van der Waals surface area contributed by atoms with E-state index in [9.17, 15) is 4.39 Å².